The number of hydrazone groups is 1. The molecule has 2 amide bonds. The van der Waals surface area contributed by atoms with Crippen LogP contribution in [0.1, 0.15) is 40.9 Å². The monoisotopic (exact) mass is 774 g/mol. The van der Waals surface area contributed by atoms with Gasteiger partial charge in [0.25, 0.3) is 11.8 Å². The number of nitriles is 1. The number of hydrogen-bond acceptors (Lipinski definition) is 5. The number of rotatable bonds is 9. The van der Waals surface area contributed by atoms with Gasteiger partial charge < -0.3 is 10.1 Å². The summed E-state index contributed by atoms with van der Waals surface area (Å²) in [4.78, 5) is 25.4. The summed E-state index contributed by atoms with van der Waals surface area (Å²) in [6.45, 7) is 4.01. The van der Waals surface area contributed by atoms with Crippen LogP contribution in [0.2, 0.25) is 10.0 Å². The molecule has 2 N–H and O–H groups in total. The summed E-state index contributed by atoms with van der Waals surface area (Å²) in [5, 5.41) is 16.3. The molecule has 0 aromatic heterocycles. The molecule has 0 aliphatic rings. The lowest BCUT2D eigenvalue weighted by Crippen LogP contribution is -2.48. The molecule has 3 aromatic carbocycles. The van der Waals surface area contributed by atoms with E-state index >= 15 is 0 Å². The maximum absolute atomic E-state index is 12.8. The fraction of sp³-hybridized carbons (Fsp3) is 0.185. The maximum Gasteiger partial charge on any atom is 0.262 e. The van der Waals surface area contributed by atoms with Gasteiger partial charge in [-0.25, -0.2) is 5.43 Å². The molecular weight excluding hydrogens is 753 g/mol. The van der Waals surface area contributed by atoms with E-state index in [0.717, 1.165) is 24.0 Å². The third-order valence-corrected chi connectivity index (χ3v) is 7.63. The molecule has 0 saturated heterocycles. The van der Waals surface area contributed by atoms with Gasteiger partial charge in [-0.1, -0.05) is 49.2 Å². The molecule has 3 rings (SSSR count). The van der Waals surface area contributed by atoms with E-state index in [2.05, 4.69) is 67.1 Å². The molecule has 7 nitrogen and oxygen atoms in total. The zero-order valence-electron chi connectivity index (χ0n) is 20.3. The number of halogens is 4. The lowest BCUT2D eigenvalue weighted by atomic mass is 10.0. The lowest BCUT2D eigenvalue weighted by Gasteiger charge is -2.20. The van der Waals surface area contributed by atoms with Crippen molar-refractivity contribution < 1.29 is 14.3 Å². The van der Waals surface area contributed by atoms with Gasteiger partial charge >= 0.3 is 0 Å². The summed E-state index contributed by atoms with van der Waals surface area (Å²) < 4.78 is 7.76. The van der Waals surface area contributed by atoms with Gasteiger partial charge in [0.1, 0.15) is 18.4 Å². The van der Waals surface area contributed by atoms with Crippen molar-refractivity contribution in [3.05, 3.63) is 94.0 Å². The molecular formula is C27H22Cl2I2N4O3. The second-order valence-corrected chi connectivity index (χ2v) is 11.6. The first-order chi connectivity index (χ1) is 18.1. The highest BCUT2D eigenvalue weighted by molar-refractivity contribution is 14.1. The van der Waals surface area contributed by atoms with Gasteiger partial charge in [0.15, 0.2) is 0 Å². The van der Waals surface area contributed by atoms with E-state index in [0.29, 0.717) is 22.8 Å². The standard InChI is InChI=1S/C27H22Cl2I2N4O3/c1-15(2)24(34-26(36)19-7-8-20(28)21(29)11-19)27(37)35-33-13-18-9-22(30)25(23(31)10-18)38-14-17-5-3-16(12-32)4-6-17/h3-11,13,15,24H,14H2,1-2H3,(H,34,36)(H,35,37). The van der Waals surface area contributed by atoms with Crippen LogP contribution in [0.4, 0.5) is 0 Å². The number of hydrogen-bond donors (Lipinski definition) is 2. The molecule has 38 heavy (non-hydrogen) atoms. The molecule has 0 heterocycles. The first-order valence-corrected chi connectivity index (χ1v) is 14.2. The highest BCUT2D eigenvalue weighted by atomic mass is 127. The Morgan fingerprint density at radius 1 is 1.05 bits per heavy atom. The van der Waals surface area contributed by atoms with Gasteiger partial charge in [-0.05, 0) is 105 Å². The molecule has 0 aliphatic carbocycles. The van der Waals surface area contributed by atoms with Gasteiger partial charge in [-0.2, -0.15) is 10.4 Å². The van der Waals surface area contributed by atoms with Crippen LogP contribution < -0.4 is 15.5 Å². The van der Waals surface area contributed by atoms with Crippen molar-refractivity contribution in [3.63, 3.8) is 0 Å². The molecule has 196 valence electrons. The average Bonchev–Trinajstić information content (AvgIpc) is 2.88. The van der Waals surface area contributed by atoms with Gasteiger partial charge in [0.2, 0.25) is 0 Å². The van der Waals surface area contributed by atoms with Crippen molar-refractivity contribution in [1.82, 2.24) is 10.7 Å². The topological polar surface area (TPSA) is 104 Å². The molecule has 0 saturated carbocycles. The molecule has 11 heteroatoms. The molecule has 0 fully saturated rings. The molecule has 0 spiro atoms. The Bertz CT molecular complexity index is 1380. The largest absolute Gasteiger partial charge is 0.487 e. The first kappa shape index (κ1) is 30.1. The molecule has 0 bridgehead atoms. The minimum atomic E-state index is -0.813. The zero-order valence-corrected chi connectivity index (χ0v) is 26.1. The van der Waals surface area contributed by atoms with Crippen molar-refractivity contribution in [1.29, 1.82) is 5.26 Å². The smallest absolute Gasteiger partial charge is 0.262 e. The minimum Gasteiger partial charge on any atom is -0.487 e. The van der Waals surface area contributed by atoms with E-state index in [1.807, 2.05) is 38.1 Å². The second-order valence-electron chi connectivity index (χ2n) is 8.47. The van der Waals surface area contributed by atoms with Crippen LogP contribution in [0.3, 0.4) is 0 Å². The fourth-order valence-electron chi connectivity index (χ4n) is 3.26. The Labute approximate surface area is 258 Å². The Balaban J connectivity index is 1.62. The van der Waals surface area contributed by atoms with Gasteiger partial charge in [-0.3, -0.25) is 9.59 Å². The Morgan fingerprint density at radius 2 is 1.71 bits per heavy atom. The van der Waals surface area contributed by atoms with E-state index in [1.54, 1.807) is 12.1 Å². The lowest BCUT2D eigenvalue weighted by molar-refractivity contribution is -0.123. The first-order valence-electron chi connectivity index (χ1n) is 11.3. The third-order valence-electron chi connectivity index (χ3n) is 5.29. The van der Waals surface area contributed by atoms with Gasteiger partial charge in [-0.15, -0.1) is 0 Å². The van der Waals surface area contributed by atoms with Crippen LogP contribution in [0.25, 0.3) is 0 Å². The predicted octanol–water partition coefficient (Wildman–Crippen LogP) is 6.56. The maximum atomic E-state index is 12.8. The van der Waals surface area contributed by atoms with E-state index in [1.165, 1.54) is 24.4 Å². The summed E-state index contributed by atoms with van der Waals surface area (Å²) >= 11 is 16.3. The molecule has 0 radical (unpaired) electrons. The van der Waals surface area contributed by atoms with E-state index in [-0.39, 0.29) is 10.9 Å². The molecule has 1 atom stereocenters. The number of nitrogens with zero attached hydrogens (tertiary/aromatic N) is 2. The number of carbonyl (C=O) groups is 2. The Kier molecular flexibility index (Phi) is 11.2. The molecule has 3 aromatic rings. The van der Waals surface area contributed by atoms with Crippen LogP contribution in [0.15, 0.2) is 59.7 Å². The SMILES string of the molecule is CC(C)C(NC(=O)c1ccc(Cl)c(Cl)c1)C(=O)NN=Cc1cc(I)c(OCc2ccc(C#N)cc2)c(I)c1. The van der Waals surface area contributed by atoms with Gasteiger partial charge in [0.05, 0.1) is 35.0 Å². The highest BCUT2D eigenvalue weighted by Gasteiger charge is 2.24. The zero-order chi connectivity index (χ0) is 27.8. The van der Waals surface area contributed by atoms with Crippen molar-refractivity contribution >= 4 is 86.4 Å². The molecule has 0 aliphatic heterocycles. The van der Waals surface area contributed by atoms with Crippen LogP contribution in [-0.2, 0) is 11.4 Å². The normalized spacial score (nSPS) is 11.7. The summed E-state index contributed by atoms with van der Waals surface area (Å²) in [6.07, 6.45) is 1.53. The quantitative estimate of drug-likeness (QED) is 0.146. The average molecular weight is 775 g/mol. The number of ether oxygens (including phenoxy) is 1. The van der Waals surface area contributed by atoms with Crippen LogP contribution >= 0.6 is 68.4 Å². The highest BCUT2D eigenvalue weighted by Crippen LogP contribution is 2.29. The Morgan fingerprint density at radius 3 is 2.29 bits per heavy atom. The van der Waals surface area contributed by atoms with E-state index in [9.17, 15) is 9.59 Å². The summed E-state index contributed by atoms with van der Waals surface area (Å²) in [7, 11) is 0. The number of carbonyl (C=O) groups excluding carboxylic acids is 2. The Hall–Kier alpha value is -2.40. The number of amides is 2. The second kappa shape index (κ2) is 14.1. The third kappa shape index (κ3) is 8.30. The van der Waals surface area contributed by atoms with Crippen molar-refractivity contribution in [2.45, 2.75) is 26.5 Å². The van der Waals surface area contributed by atoms with Gasteiger partial charge in [0, 0.05) is 5.56 Å². The fourth-order valence-corrected chi connectivity index (χ4v) is 5.69. The minimum absolute atomic E-state index is 0.189. The summed E-state index contributed by atoms with van der Waals surface area (Å²) in [5.74, 6) is -0.341. The van der Waals surface area contributed by atoms with Crippen molar-refractivity contribution in [2.24, 2.45) is 11.0 Å². The van der Waals surface area contributed by atoms with Crippen molar-refractivity contribution in [2.75, 3.05) is 0 Å². The summed E-state index contributed by atoms with van der Waals surface area (Å²) in [5.41, 5.74) is 5.13. The molecule has 1 unspecified atom stereocenters. The predicted molar refractivity (Wildman–Crippen MR) is 166 cm³/mol. The van der Waals surface area contributed by atoms with Crippen molar-refractivity contribution in [3.8, 4) is 11.8 Å². The van der Waals surface area contributed by atoms with Crippen LogP contribution in [0.5, 0.6) is 5.75 Å². The number of benzene rings is 3. The summed E-state index contributed by atoms with van der Waals surface area (Å²) in [6, 6.07) is 16.8. The van der Waals surface area contributed by atoms with E-state index < -0.39 is 17.9 Å². The van der Waals surface area contributed by atoms with Crippen LogP contribution in [0, 0.1) is 24.4 Å². The van der Waals surface area contributed by atoms with Crippen LogP contribution in [-0.4, -0.2) is 24.1 Å². The number of nitrogens with one attached hydrogen (secondary N) is 2. The van der Waals surface area contributed by atoms with E-state index in [4.69, 9.17) is 33.2 Å².